The molecule has 0 amide bonds. The van der Waals surface area contributed by atoms with Crippen LogP contribution in [0, 0.1) is 0 Å². The highest BCUT2D eigenvalue weighted by Crippen LogP contribution is 2.31. The number of carboxylic acids is 1. The van der Waals surface area contributed by atoms with Crippen LogP contribution in [0.25, 0.3) is 0 Å². The molecule has 15 heavy (non-hydrogen) atoms. The average molecular weight is 227 g/mol. The van der Waals surface area contributed by atoms with Crippen molar-refractivity contribution >= 4 is 5.97 Å². The Morgan fingerprint density at radius 1 is 1.53 bits per heavy atom. The van der Waals surface area contributed by atoms with Crippen LogP contribution in [0.3, 0.4) is 0 Å². The number of halogens is 3. The minimum atomic E-state index is -4.83. The first-order valence-corrected chi connectivity index (χ1v) is 4.43. The molecule has 0 aromatic heterocycles. The monoisotopic (exact) mass is 227 g/mol. The van der Waals surface area contributed by atoms with Crippen LogP contribution in [0.4, 0.5) is 13.2 Å². The summed E-state index contributed by atoms with van der Waals surface area (Å²) in [6.45, 7) is 1.08. The van der Waals surface area contributed by atoms with E-state index < -0.39 is 23.7 Å². The van der Waals surface area contributed by atoms with Crippen molar-refractivity contribution in [1.82, 2.24) is 5.32 Å². The number of hydrogen-bond donors (Lipinski definition) is 2. The van der Waals surface area contributed by atoms with Gasteiger partial charge >= 0.3 is 12.1 Å². The molecule has 1 heterocycles. The minimum Gasteiger partial charge on any atom is -0.480 e. The maximum absolute atomic E-state index is 12.5. The van der Waals surface area contributed by atoms with Gasteiger partial charge in [0.1, 0.15) is 0 Å². The standard InChI is InChI=1S/C8H12F3NO3/c1-7(6(13)14,8(9,10)11)12-5-2-3-15-4-5/h5,12H,2-4H2,1H3,(H,13,14). The number of hydrogen-bond acceptors (Lipinski definition) is 3. The van der Waals surface area contributed by atoms with E-state index in [0.717, 1.165) is 0 Å². The van der Waals surface area contributed by atoms with Crippen molar-refractivity contribution in [3.63, 3.8) is 0 Å². The van der Waals surface area contributed by atoms with Gasteiger partial charge in [-0.2, -0.15) is 13.2 Å². The molecule has 88 valence electrons. The van der Waals surface area contributed by atoms with Gasteiger partial charge in [-0.05, 0) is 13.3 Å². The molecule has 1 aliphatic rings. The van der Waals surface area contributed by atoms with Gasteiger partial charge in [0, 0.05) is 12.6 Å². The lowest BCUT2D eigenvalue weighted by Gasteiger charge is -2.31. The maximum Gasteiger partial charge on any atom is 0.417 e. The molecular formula is C8H12F3NO3. The largest absolute Gasteiger partial charge is 0.480 e. The number of carboxylic acid groups (broad SMARTS) is 1. The molecule has 1 aliphatic heterocycles. The van der Waals surface area contributed by atoms with E-state index in [9.17, 15) is 18.0 Å². The second kappa shape index (κ2) is 3.97. The normalized spacial score (nSPS) is 26.3. The zero-order valence-corrected chi connectivity index (χ0v) is 8.10. The summed E-state index contributed by atoms with van der Waals surface area (Å²) < 4.78 is 42.4. The summed E-state index contributed by atoms with van der Waals surface area (Å²) >= 11 is 0. The Hall–Kier alpha value is -0.820. The van der Waals surface area contributed by atoms with Crippen molar-refractivity contribution in [2.45, 2.75) is 31.1 Å². The number of carbonyl (C=O) groups is 1. The number of rotatable bonds is 3. The summed E-state index contributed by atoms with van der Waals surface area (Å²) in [5.41, 5.74) is -2.91. The lowest BCUT2D eigenvalue weighted by Crippen LogP contribution is -2.63. The van der Waals surface area contributed by atoms with Gasteiger partial charge in [-0.3, -0.25) is 5.32 Å². The zero-order chi connectivity index (χ0) is 11.7. The summed E-state index contributed by atoms with van der Waals surface area (Å²) in [5.74, 6) is -1.93. The Labute approximate surface area is 84.4 Å². The first kappa shape index (κ1) is 12.3. The van der Waals surface area contributed by atoms with E-state index in [-0.39, 0.29) is 6.61 Å². The van der Waals surface area contributed by atoms with Gasteiger partial charge in [0.15, 0.2) is 0 Å². The topological polar surface area (TPSA) is 58.6 Å². The van der Waals surface area contributed by atoms with Gasteiger partial charge in [-0.25, -0.2) is 4.79 Å². The van der Waals surface area contributed by atoms with Crippen molar-refractivity contribution in [3.05, 3.63) is 0 Å². The number of nitrogens with one attached hydrogen (secondary N) is 1. The second-order valence-corrected chi connectivity index (χ2v) is 3.63. The van der Waals surface area contributed by atoms with Gasteiger partial charge in [0.25, 0.3) is 0 Å². The first-order valence-electron chi connectivity index (χ1n) is 4.43. The highest BCUT2D eigenvalue weighted by atomic mass is 19.4. The molecule has 4 nitrogen and oxygen atoms in total. The van der Waals surface area contributed by atoms with E-state index in [1.165, 1.54) is 0 Å². The highest BCUT2D eigenvalue weighted by molar-refractivity contribution is 5.79. The number of alkyl halides is 3. The molecule has 0 bridgehead atoms. The Balaban J connectivity index is 2.77. The Kier molecular flexibility index (Phi) is 3.25. The van der Waals surface area contributed by atoms with E-state index in [2.05, 4.69) is 5.32 Å². The fourth-order valence-electron chi connectivity index (χ4n) is 1.32. The maximum atomic E-state index is 12.5. The van der Waals surface area contributed by atoms with Crippen LogP contribution in [0.15, 0.2) is 0 Å². The molecule has 0 aromatic rings. The molecule has 1 rings (SSSR count). The summed E-state index contributed by atoms with van der Waals surface area (Å²) in [4.78, 5) is 10.6. The minimum absolute atomic E-state index is 0.110. The van der Waals surface area contributed by atoms with Crippen LogP contribution in [0.5, 0.6) is 0 Å². The van der Waals surface area contributed by atoms with E-state index in [1.807, 2.05) is 0 Å². The summed E-state index contributed by atoms with van der Waals surface area (Å²) in [6, 6.07) is -0.562. The Morgan fingerprint density at radius 3 is 2.47 bits per heavy atom. The average Bonchev–Trinajstić information content (AvgIpc) is 2.54. The van der Waals surface area contributed by atoms with E-state index in [1.54, 1.807) is 0 Å². The van der Waals surface area contributed by atoms with Crippen molar-refractivity contribution in [1.29, 1.82) is 0 Å². The van der Waals surface area contributed by atoms with Crippen LogP contribution in [0.2, 0.25) is 0 Å². The predicted octanol–water partition coefficient (Wildman–Crippen LogP) is 0.770. The van der Waals surface area contributed by atoms with E-state index in [4.69, 9.17) is 9.84 Å². The van der Waals surface area contributed by atoms with Gasteiger partial charge in [0.05, 0.1) is 6.61 Å². The summed E-state index contributed by atoms with van der Waals surface area (Å²) in [7, 11) is 0. The van der Waals surface area contributed by atoms with Crippen LogP contribution < -0.4 is 5.32 Å². The second-order valence-electron chi connectivity index (χ2n) is 3.63. The van der Waals surface area contributed by atoms with Crippen LogP contribution >= 0.6 is 0 Å². The molecule has 0 aromatic carbocycles. The first-order chi connectivity index (χ1) is 6.77. The van der Waals surface area contributed by atoms with Crippen LogP contribution in [-0.4, -0.2) is 42.0 Å². The van der Waals surface area contributed by atoms with Crippen molar-refractivity contribution < 1.29 is 27.8 Å². The van der Waals surface area contributed by atoms with Crippen LogP contribution in [0.1, 0.15) is 13.3 Å². The van der Waals surface area contributed by atoms with Gasteiger partial charge in [-0.15, -0.1) is 0 Å². The van der Waals surface area contributed by atoms with Gasteiger partial charge < -0.3 is 9.84 Å². The van der Waals surface area contributed by atoms with Crippen molar-refractivity contribution in [3.8, 4) is 0 Å². The molecule has 1 saturated heterocycles. The molecule has 0 aliphatic carbocycles. The SMILES string of the molecule is CC(NC1CCOC1)(C(=O)O)C(F)(F)F. The predicted molar refractivity (Wildman–Crippen MR) is 44.5 cm³/mol. The molecule has 2 atom stereocenters. The summed E-state index contributed by atoms with van der Waals surface area (Å²) in [5, 5.41) is 10.7. The lowest BCUT2D eigenvalue weighted by molar-refractivity contribution is -0.207. The third-order valence-electron chi connectivity index (χ3n) is 2.42. The lowest BCUT2D eigenvalue weighted by atomic mass is 10.00. The summed E-state index contributed by atoms with van der Waals surface area (Å²) in [6.07, 6.45) is -4.44. The van der Waals surface area contributed by atoms with E-state index >= 15 is 0 Å². The number of ether oxygens (including phenoxy) is 1. The highest BCUT2D eigenvalue weighted by Gasteiger charge is 2.58. The third-order valence-corrected chi connectivity index (χ3v) is 2.42. The molecular weight excluding hydrogens is 215 g/mol. The fourth-order valence-corrected chi connectivity index (χ4v) is 1.32. The van der Waals surface area contributed by atoms with Crippen molar-refractivity contribution in [2.75, 3.05) is 13.2 Å². The molecule has 7 heteroatoms. The molecule has 2 N–H and O–H groups in total. The molecule has 1 fully saturated rings. The quantitative estimate of drug-likeness (QED) is 0.747. The Morgan fingerprint density at radius 2 is 2.13 bits per heavy atom. The Bertz CT molecular complexity index is 250. The zero-order valence-electron chi connectivity index (χ0n) is 8.10. The van der Waals surface area contributed by atoms with Crippen LogP contribution in [-0.2, 0) is 9.53 Å². The molecule has 0 spiro atoms. The smallest absolute Gasteiger partial charge is 0.417 e. The molecule has 0 saturated carbocycles. The molecule has 2 unspecified atom stereocenters. The molecule has 0 radical (unpaired) electrons. The third kappa shape index (κ3) is 2.40. The van der Waals surface area contributed by atoms with Gasteiger partial charge in [0.2, 0.25) is 5.54 Å². The van der Waals surface area contributed by atoms with E-state index in [0.29, 0.717) is 20.0 Å². The fraction of sp³-hybridized carbons (Fsp3) is 0.875. The van der Waals surface area contributed by atoms with Crippen molar-refractivity contribution in [2.24, 2.45) is 0 Å². The van der Waals surface area contributed by atoms with Gasteiger partial charge in [-0.1, -0.05) is 0 Å². The number of aliphatic carboxylic acids is 1.